The molecular weight excluding hydrogens is 234 g/mol. The van der Waals surface area contributed by atoms with Crippen molar-refractivity contribution < 1.29 is 19.4 Å². The molecular formula is C13H17NO4. The van der Waals surface area contributed by atoms with Gasteiger partial charge in [0.05, 0.1) is 14.2 Å². The second kappa shape index (κ2) is 6.07. The minimum Gasteiger partial charge on any atom is -0.493 e. The summed E-state index contributed by atoms with van der Waals surface area (Å²) in [6, 6.07) is 2.18. The number of allylic oxidation sites excluding steroid dienone is 1. The average Bonchev–Trinajstić information content (AvgIpc) is 2.37. The fraction of sp³-hybridized carbons (Fsp3) is 0.308. The highest BCUT2D eigenvalue weighted by Gasteiger charge is 2.19. The molecule has 1 aromatic rings. The molecule has 5 nitrogen and oxygen atoms in total. The Labute approximate surface area is 106 Å². The summed E-state index contributed by atoms with van der Waals surface area (Å²) in [6.07, 6.45) is 2.24. The smallest absolute Gasteiger partial charge is 0.325 e. The number of carboxylic acid groups (broad SMARTS) is 1. The molecule has 1 rings (SSSR count). The number of rotatable bonds is 6. The van der Waals surface area contributed by atoms with E-state index < -0.39 is 12.0 Å². The molecule has 0 aliphatic rings. The summed E-state index contributed by atoms with van der Waals surface area (Å²) in [5.41, 5.74) is 6.86. The quantitative estimate of drug-likeness (QED) is 0.749. The lowest BCUT2D eigenvalue weighted by atomic mass is 10.0. The molecule has 1 aromatic carbocycles. The summed E-state index contributed by atoms with van der Waals surface area (Å²) in [5.74, 6) is -0.0611. The van der Waals surface area contributed by atoms with Crippen LogP contribution in [-0.4, -0.2) is 25.3 Å². The number of nitrogens with two attached hydrogens (primary N) is 1. The molecule has 0 aromatic heterocycles. The number of hydrogen-bond acceptors (Lipinski definition) is 4. The summed E-state index contributed by atoms with van der Waals surface area (Å²) in [4.78, 5) is 10.9. The first-order valence-corrected chi connectivity index (χ1v) is 5.39. The summed E-state index contributed by atoms with van der Waals surface area (Å²) in [6.45, 7) is 3.65. The van der Waals surface area contributed by atoms with Crippen LogP contribution in [0.5, 0.6) is 11.5 Å². The largest absolute Gasteiger partial charge is 0.493 e. The minimum absolute atomic E-state index is 0.462. The Bertz CT molecular complexity index is 457. The molecule has 18 heavy (non-hydrogen) atoms. The van der Waals surface area contributed by atoms with Gasteiger partial charge in [-0.05, 0) is 24.1 Å². The standard InChI is InChI=1S/C13H17NO4/c1-4-5-8-6-9(11(14)13(15)16)7-10(17-2)12(8)18-3/h4,6-7,11H,1,5,14H2,2-3H3,(H,15,16)/t11-/m0/s1. The SMILES string of the molecule is C=CCc1cc([C@H](N)C(=O)O)cc(OC)c1OC. The average molecular weight is 251 g/mol. The topological polar surface area (TPSA) is 81.8 Å². The first kappa shape index (κ1) is 14.1. The van der Waals surface area contributed by atoms with Crippen LogP contribution in [-0.2, 0) is 11.2 Å². The van der Waals surface area contributed by atoms with Crippen molar-refractivity contribution in [2.75, 3.05) is 14.2 Å². The van der Waals surface area contributed by atoms with E-state index in [1.165, 1.54) is 14.2 Å². The van der Waals surface area contributed by atoms with Gasteiger partial charge in [0.15, 0.2) is 11.5 Å². The highest BCUT2D eigenvalue weighted by Crippen LogP contribution is 2.34. The molecule has 0 amide bonds. The monoisotopic (exact) mass is 251 g/mol. The van der Waals surface area contributed by atoms with Crippen LogP contribution in [0.15, 0.2) is 24.8 Å². The molecule has 0 heterocycles. The fourth-order valence-corrected chi connectivity index (χ4v) is 1.70. The zero-order chi connectivity index (χ0) is 13.7. The highest BCUT2D eigenvalue weighted by molar-refractivity contribution is 5.76. The van der Waals surface area contributed by atoms with Crippen LogP contribution in [0.25, 0.3) is 0 Å². The Morgan fingerprint density at radius 3 is 2.61 bits per heavy atom. The van der Waals surface area contributed by atoms with Gasteiger partial charge in [-0.15, -0.1) is 6.58 Å². The van der Waals surface area contributed by atoms with Crippen molar-refractivity contribution in [3.8, 4) is 11.5 Å². The van der Waals surface area contributed by atoms with Crippen LogP contribution in [0.2, 0.25) is 0 Å². The van der Waals surface area contributed by atoms with Gasteiger partial charge in [0.2, 0.25) is 0 Å². The van der Waals surface area contributed by atoms with Crippen molar-refractivity contribution in [1.29, 1.82) is 0 Å². The Hall–Kier alpha value is -2.01. The number of aliphatic carboxylic acids is 1. The number of ether oxygens (including phenoxy) is 2. The molecule has 0 saturated carbocycles. The molecule has 0 radical (unpaired) electrons. The van der Waals surface area contributed by atoms with Crippen LogP contribution >= 0.6 is 0 Å². The zero-order valence-electron chi connectivity index (χ0n) is 10.5. The molecule has 1 atom stereocenters. The number of carboxylic acids is 1. The van der Waals surface area contributed by atoms with E-state index in [0.29, 0.717) is 23.5 Å². The van der Waals surface area contributed by atoms with Crippen molar-refractivity contribution >= 4 is 5.97 Å². The third-order valence-corrected chi connectivity index (χ3v) is 2.57. The number of carbonyl (C=O) groups is 1. The molecule has 5 heteroatoms. The van der Waals surface area contributed by atoms with Crippen molar-refractivity contribution in [3.05, 3.63) is 35.9 Å². The maximum atomic E-state index is 10.9. The summed E-state index contributed by atoms with van der Waals surface area (Å²) >= 11 is 0. The van der Waals surface area contributed by atoms with Crippen molar-refractivity contribution in [1.82, 2.24) is 0 Å². The van der Waals surface area contributed by atoms with Crippen LogP contribution in [0.1, 0.15) is 17.2 Å². The number of benzene rings is 1. The molecule has 3 N–H and O–H groups in total. The Balaban J connectivity index is 3.34. The predicted octanol–water partition coefficient (Wildman–Crippen LogP) is 1.52. The lowest BCUT2D eigenvalue weighted by Crippen LogP contribution is -2.21. The summed E-state index contributed by atoms with van der Waals surface area (Å²) in [5, 5.41) is 8.93. The van der Waals surface area contributed by atoms with Gasteiger partial charge in [-0.25, -0.2) is 0 Å². The Morgan fingerprint density at radius 2 is 2.17 bits per heavy atom. The molecule has 0 bridgehead atoms. The van der Waals surface area contributed by atoms with E-state index in [0.717, 1.165) is 5.56 Å². The van der Waals surface area contributed by atoms with Crippen molar-refractivity contribution in [2.45, 2.75) is 12.5 Å². The van der Waals surface area contributed by atoms with E-state index in [1.807, 2.05) is 0 Å². The van der Waals surface area contributed by atoms with Gasteiger partial charge in [-0.3, -0.25) is 4.79 Å². The van der Waals surface area contributed by atoms with Crippen LogP contribution < -0.4 is 15.2 Å². The predicted molar refractivity (Wildman–Crippen MR) is 68.0 cm³/mol. The molecule has 98 valence electrons. The van der Waals surface area contributed by atoms with E-state index in [1.54, 1.807) is 18.2 Å². The molecule has 0 spiro atoms. The van der Waals surface area contributed by atoms with E-state index in [9.17, 15) is 4.79 Å². The first-order chi connectivity index (χ1) is 8.54. The number of methoxy groups -OCH3 is 2. The van der Waals surface area contributed by atoms with Gasteiger partial charge < -0.3 is 20.3 Å². The summed E-state index contributed by atoms with van der Waals surface area (Å²) < 4.78 is 10.4. The minimum atomic E-state index is -1.09. The van der Waals surface area contributed by atoms with Gasteiger partial charge in [-0.1, -0.05) is 6.08 Å². The van der Waals surface area contributed by atoms with Gasteiger partial charge in [-0.2, -0.15) is 0 Å². The summed E-state index contributed by atoms with van der Waals surface area (Å²) in [7, 11) is 3.02. The normalized spacial score (nSPS) is 11.7. The maximum absolute atomic E-state index is 10.9. The molecule has 0 saturated heterocycles. The van der Waals surface area contributed by atoms with Gasteiger partial charge >= 0.3 is 5.97 Å². The van der Waals surface area contributed by atoms with Crippen LogP contribution in [0.3, 0.4) is 0 Å². The third kappa shape index (κ3) is 2.81. The second-order valence-electron chi connectivity index (χ2n) is 3.72. The van der Waals surface area contributed by atoms with Crippen molar-refractivity contribution in [2.24, 2.45) is 5.73 Å². The third-order valence-electron chi connectivity index (χ3n) is 2.57. The van der Waals surface area contributed by atoms with Gasteiger partial charge in [0, 0.05) is 5.56 Å². The van der Waals surface area contributed by atoms with Gasteiger partial charge in [0.25, 0.3) is 0 Å². The highest BCUT2D eigenvalue weighted by atomic mass is 16.5. The van der Waals surface area contributed by atoms with E-state index >= 15 is 0 Å². The molecule has 0 aliphatic heterocycles. The molecule has 0 aliphatic carbocycles. The molecule has 0 fully saturated rings. The fourth-order valence-electron chi connectivity index (χ4n) is 1.70. The Kier molecular flexibility index (Phi) is 4.74. The lowest BCUT2D eigenvalue weighted by Gasteiger charge is -2.16. The first-order valence-electron chi connectivity index (χ1n) is 5.39. The van der Waals surface area contributed by atoms with Crippen molar-refractivity contribution in [3.63, 3.8) is 0 Å². The van der Waals surface area contributed by atoms with Crippen LogP contribution in [0.4, 0.5) is 0 Å². The zero-order valence-corrected chi connectivity index (χ0v) is 10.5. The number of hydrogen-bond donors (Lipinski definition) is 2. The van der Waals surface area contributed by atoms with Gasteiger partial charge in [0.1, 0.15) is 6.04 Å². The lowest BCUT2D eigenvalue weighted by molar-refractivity contribution is -0.138. The van der Waals surface area contributed by atoms with E-state index in [4.69, 9.17) is 20.3 Å². The Morgan fingerprint density at radius 1 is 1.50 bits per heavy atom. The van der Waals surface area contributed by atoms with E-state index in [-0.39, 0.29) is 0 Å². The van der Waals surface area contributed by atoms with Crippen LogP contribution in [0, 0.1) is 0 Å². The molecule has 0 unspecified atom stereocenters. The maximum Gasteiger partial charge on any atom is 0.325 e. The second-order valence-corrected chi connectivity index (χ2v) is 3.72. The van der Waals surface area contributed by atoms with E-state index in [2.05, 4.69) is 6.58 Å².